The highest BCUT2D eigenvalue weighted by molar-refractivity contribution is 5.86. The van der Waals surface area contributed by atoms with Crippen LogP contribution in [0, 0.1) is 0 Å². The fourth-order valence-electron chi connectivity index (χ4n) is 3.09. The molecular formula is C18H37N5O. The maximum Gasteiger partial charge on any atom is 0.240 e. The van der Waals surface area contributed by atoms with Crippen LogP contribution < -0.4 is 10.6 Å². The molecule has 0 spiro atoms. The molecule has 2 N–H and O–H groups in total. The van der Waals surface area contributed by atoms with Gasteiger partial charge in [-0.05, 0) is 53.6 Å². The molecule has 0 aliphatic carbocycles. The molecule has 1 saturated heterocycles. The quantitative estimate of drug-likeness (QED) is 0.571. The minimum absolute atomic E-state index is 0.0171. The van der Waals surface area contributed by atoms with E-state index in [-0.39, 0.29) is 11.4 Å². The molecule has 0 aromatic carbocycles. The molecule has 1 fully saturated rings. The maximum atomic E-state index is 12.1. The van der Waals surface area contributed by atoms with Gasteiger partial charge in [0.2, 0.25) is 5.91 Å². The van der Waals surface area contributed by atoms with E-state index in [9.17, 15) is 4.79 Å². The molecular weight excluding hydrogens is 302 g/mol. The number of hydrogen-bond donors (Lipinski definition) is 2. The van der Waals surface area contributed by atoms with Gasteiger partial charge in [-0.25, -0.2) is 0 Å². The molecule has 0 aromatic heterocycles. The molecule has 24 heavy (non-hydrogen) atoms. The molecule has 0 radical (unpaired) electrons. The Kier molecular flexibility index (Phi) is 8.53. The number of rotatable bonds is 6. The second kappa shape index (κ2) is 9.87. The van der Waals surface area contributed by atoms with E-state index in [1.165, 1.54) is 25.8 Å². The number of likely N-dealkylation sites (tertiary alicyclic amines) is 1. The number of hydrogen-bond acceptors (Lipinski definition) is 3. The van der Waals surface area contributed by atoms with Crippen molar-refractivity contribution < 1.29 is 4.79 Å². The number of nitrogens with one attached hydrogen (secondary N) is 2. The molecule has 1 heterocycles. The average molecular weight is 340 g/mol. The summed E-state index contributed by atoms with van der Waals surface area (Å²) in [5.74, 6) is 0.826. The normalized spacial score (nSPS) is 19.9. The fourth-order valence-corrected chi connectivity index (χ4v) is 3.09. The first kappa shape index (κ1) is 20.7. The summed E-state index contributed by atoms with van der Waals surface area (Å²) >= 11 is 0. The first-order valence-corrected chi connectivity index (χ1v) is 9.31. The zero-order chi connectivity index (χ0) is 18.2. The summed E-state index contributed by atoms with van der Waals surface area (Å²) in [7, 11) is 1.92. The summed E-state index contributed by atoms with van der Waals surface area (Å²) in [4.78, 5) is 21.4. The van der Waals surface area contributed by atoms with Crippen molar-refractivity contribution in [3.63, 3.8) is 0 Å². The maximum absolute atomic E-state index is 12.1. The van der Waals surface area contributed by atoms with Gasteiger partial charge < -0.3 is 15.5 Å². The fraction of sp³-hybridized carbons (Fsp3) is 0.889. The lowest BCUT2D eigenvalue weighted by Gasteiger charge is -2.34. The molecule has 6 nitrogen and oxygen atoms in total. The van der Waals surface area contributed by atoms with Crippen molar-refractivity contribution in [2.24, 2.45) is 4.99 Å². The third kappa shape index (κ3) is 7.51. The minimum atomic E-state index is -0.211. The Morgan fingerprint density at radius 1 is 1.29 bits per heavy atom. The summed E-state index contributed by atoms with van der Waals surface area (Å²) in [6, 6.07) is 0.522. The monoisotopic (exact) mass is 339 g/mol. The van der Waals surface area contributed by atoms with Crippen molar-refractivity contribution in [2.45, 2.75) is 65.5 Å². The van der Waals surface area contributed by atoms with E-state index in [0.29, 0.717) is 12.6 Å². The number of nitrogens with zero attached hydrogens (tertiary/aromatic N) is 3. The Morgan fingerprint density at radius 2 is 2.00 bits per heavy atom. The van der Waals surface area contributed by atoms with Gasteiger partial charge in [-0.2, -0.15) is 0 Å². The zero-order valence-electron chi connectivity index (χ0n) is 16.5. The Bertz CT molecular complexity index is 416. The van der Waals surface area contributed by atoms with Crippen molar-refractivity contribution in [2.75, 3.05) is 39.8 Å². The topological polar surface area (TPSA) is 60.0 Å². The van der Waals surface area contributed by atoms with Gasteiger partial charge in [-0.1, -0.05) is 13.3 Å². The lowest BCUT2D eigenvalue weighted by Crippen LogP contribution is -2.49. The predicted octanol–water partition coefficient (Wildman–Crippen LogP) is 1.67. The predicted molar refractivity (Wildman–Crippen MR) is 101 cm³/mol. The van der Waals surface area contributed by atoms with Gasteiger partial charge in [-0.3, -0.25) is 14.7 Å². The van der Waals surface area contributed by atoms with Gasteiger partial charge in [0.05, 0.1) is 13.1 Å². The third-order valence-corrected chi connectivity index (χ3v) is 4.20. The summed E-state index contributed by atoms with van der Waals surface area (Å²) < 4.78 is 0. The van der Waals surface area contributed by atoms with Crippen molar-refractivity contribution >= 4 is 11.9 Å². The Balaban J connectivity index is 2.64. The summed E-state index contributed by atoms with van der Waals surface area (Å²) in [5, 5.41) is 6.30. The second-order valence-corrected chi connectivity index (χ2v) is 7.63. The highest BCUT2D eigenvalue weighted by Crippen LogP contribution is 2.16. The van der Waals surface area contributed by atoms with Crippen molar-refractivity contribution in [3.05, 3.63) is 0 Å². The van der Waals surface area contributed by atoms with Crippen LogP contribution >= 0.6 is 0 Å². The van der Waals surface area contributed by atoms with Gasteiger partial charge >= 0.3 is 0 Å². The molecule has 1 unspecified atom stereocenters. The molecule has 0 bridgehead atoms. The highest BCUT2D eigenvalue weighted by Gasteiger charge is 2.21. The molecule has 1 aliphatic rings. The lowest BCUT2D eigenvalue weighted by atomic mass is 10.0. The molecule has 1 aliphatic heterocycles. The van der Waals surface area contributed by atoms with Crippen LogP contribution in [0.25, 0.3) is 0 Å². The molecule has 1 atom stereocenters. The van der Waals surface area contributed by atoms with E-state index in [0.717, 1.165) is 25.6 Å². The van der Waals surface area contributed by atoms with Crippen molar-refractivity contribution in [1.29, 1.82) is 0 Å². The van der Waals surface area contributed by atoms with Crippen molar-refractivity contribution in [1.82, 2.24) is 20.4 Å². The second-order valence-electron chi connectivity index (χ2n) is 7.63. The molecule has 1 rings (SSSR count). The van der Waals surface area contributed by atoms with Crippen LogP contribution in [0.5, 0.6) is 0 Å². The first-order valence-electron chi connectivity index (χ1n) is 9.31. The van der Waals surface area contributed by atoms with Crippen LogP contribution in [0.1, 0.15) is 53.9 Å². The van der Waals surface area contributed by atoms with Gasteiger partial charge in [0, 0.05) is 25.2 Å². The zero-order valence-corrected chi connectivity index (χ0v) is 16.5. The summed E-state index contributed by atoms with van der Waals surface area (Å²) in [6.07, 6.45) is 3.79. The summed E-state index contributed by atoms with van der Waals surface area (Å²) in [5.41, 5.74) is -0.211. The van der Waals surface area contributed by atoms with Crippen LogP contribution in [0.3, 0.4) is 0 Å². The molecule has 1 amide bonds. The number of guanidine groups is 1. The molecule has 0 saturated carbocycles. The van der Waals surface area contributed by atoms with E-state index in [1.54, 1.807) is 0 Å². The van der Waals surface area contributed by atoms with Gasteiger partial charge in [0.25, 0.3) is 0 Å². The van der Waals surface area contributed by atoms with Crippen LogP contribution in [0.2, 0.25) is 0 Å². The van der Waals surface area contributed by atoms with E-state index in [4.69, 9.17) is 4.99 Å². The minimum Gasteiger partial charge on any atom is -0.357 e. The number of aliphatic imine (C=N–C) groups is 1. The van der Waals surface area contributed by atoms with Crippen LogP contribution in [0.15, 0.2) is 4.99 Å². The van der Waals surface area contributed by atoms with Crippen LogP contribution in [-0.4, -0.2) is 73.0 Å². The summed E-state index contributed by atoms with van der Waals surface area (Å²) in [6.45, 7) is 14.4. The number of likely N-dealkylation sites (N-methyl/N-ethyl adjacent to an activating group) is 2. The number of piperidine rings is 1. The van der Waals surface area contributed by atoms with Crippen molar-refractivity contribution in [3.8, 4) is 0 Å². The Labute approximate surface area is 148 Å². The first-order chi connectivity index (χ1) is 11.3. The molecule has 0 aromatic rings. The number of amides is 1. The number of carbonyl (C=O) groups is 1. The Hall–Kier alpha value is -1.30. The standard InChI is InChI=1S/C18H37N5O/c1-7-19-17(22(6)14-16(24)21-18(3,4)5)20-13-15-11-9-10-12-23(15)8-2/h15H,7-14H2,1-6H3,(H,19,20)(H,21,24). The lowest BCUT2D eigenvalue weighted by molar-refractivity contribution is -0.122. The SMILES string of the molecule is CCNC(=NCC1CCCCN1CC)N(C)CC(=O)NC(C)(C)C. The smallest absolute Gasteiger partial charge is 0.240 e. The highest BCUT2D eigenvalue weighted by atomic mass is 16.2. The average Bonchev–Trinajstić information content (AvgIpc) is 2.49. The number of carbonyl (C=O) groups excluding carboxylic acids is 1. The van der Waals surface area contributed by atoms with Crippen LogP contribution in [0.4, 0.5) is 0 Å². The van der Waals surface area contributed by atoms with E-state index < -0.39 is 0 Å². The molecule has 140 valence electrons. The van der Waals surface area contributed by atoms with Crippen LogP contribution in [-0.2, 0) is 4.79 Å². The Morgan fingerprint density at radius 3 is 2.58 bits per heavy atom. The largest absolute Gasteiger partial charge is 0.357 e. The van der Waals surface area contributed by atoms with E-state index in [1.807, 2.05) is 32.7 Å². The van der Waals surface area contributed by atoms with E-state index in [2.05, 4.69) is 29.4 Å². The van der Waals surface area contributed by atoms with Gasteiger partial charge in [0.15, 0.2) is 5.96 Å². The van der Waals surface area contributed by atoms with Gasteiger partial charge in [0.1, 0.15) is 0 Å². The van der Waals surface area contributed by atoms with Gasteiger partial charge in [-0.15, -0.1) is 0 Å². The van der Waals surface area contributed by atoms with E-state index >= 15 is 0 Å². The molecule has 6 heteroatoms. The third-order valence-electron chi connectivity index (χ3n) is 4.20.